The molecule has 0 saturated heterocycles. The maximum Gasteiger partial charge on any atom is 0.242 e. The standard InChI is InChI=1S/C15H24N2O3S/c1-2-11-16-21(19,20)15-10-6-4-8-13(15)17-12-7-3-5-9-14(12)18/h4,6,8,10,12,14,16-18H,2-3,5,7,9,11H2,1H3. The van der Waals surface area contributed by atoms with Crippen LogP contribution in [0.3, 0.4) is 0 Å². The van der Waals surface area contributed by atoms with Crippen molar-refractivity contribution in [3.05, 3.63) is 24.3 Å². The molecular weight excluding hydrogens is 288 g/mol. The average Bonchev–Trinajstić information content (AvgIpc) is 2.48. The van der Waals surface area contributed by atoms with Crippen molar-refractivity contribution >= 4 is 15.7 Å². The molecule has 2 rings (SSSR count). The van der Waals surface area contributed by atoms with E-state index in [0.717, 1.165) is 32.1 Å². The molecule has 0 radical (unpaired) electrons. The van der Waals surface area contributed by atoms with E-state index in [1.54, 1.807) is 24.3 Å². The van der Waals surface area contributed by atoms with Crippen LogP contribution < -0.4 is 10.0 Å². The van der Waals surface area contributed by atoms with Crippen molar-refractivity contribution in [1.82, 2.24) is 4.72 Å². The van der Waals surface area contributed by atoms with Crippen LogP contribution >= 0.6 is 0 Å². The lowest BCUT2D eigenvalue weighted by molar-refractivity contribution is 0.116. The molecule has 0 heterocycles. The van der Waals surface area contributed by atoms with Crippen LogP contribution in [-0.2, 0) is 10.0 Å². The van der Waals surface area contributed by atoms with Gasteiger partial charge in [0, 0.05) is 6.54 Å². The number of anilines is 1. The Hall–Kier alpha value is -1.11. The highest BCUT2D eigenvalue weighted by Gasteiger charge is 2.25. The van der Waals surface area contributed by atoms with Gasteiger partial charge in [-0.1, -0.05) is 31.9 Å². The number of rotatable bonds is 6. The molecule has 1 aliphatic carbocycles. The third-order valence-electron chi connectivity index (χ3n) is 3.79. The number of hydrogen-bond donors (Lipinski definition) is 3. The largest absolute Gasteiger partial charge is 0.391 e. The summed E-state index contributed by atoms with van der Waals surface area (Å²) in [6, 6.07) is 6.78. The SMILES string of the molecule is CCCNS(=O)(=O)c1ccccc1NC1CCCCC1O. The minimum absolute atomic E-state index is 0.0822. The minimum atomic E-state index is -3.52. The highest BCUT2D eigenvalue weighted by molar-refractivity contribution is 7.89. The van der Waals surface area contributed by atoms with E-state index in [-0.39, 0.29) is 10.9 Å². The van der Waals surface area contributed by atoms with Crippen LogP contribution in [0.25, 0.3) is 0 Å². The Kier molecular flexibility index (Phi) is 5.61. The topological polar surface area (TPSA) is 78.4 Å². The molecule has 1 aliphatic rings. The van der Waals surface area contributed by atoms with E-state index in [1.165, 1.54) is 0 Å². The van der Waals surface area contributed by atoms with Crippen molar-refractivity contribution in [2.45, 2.75) is 56.1 Å². The Labute approximate surface area is 126 Å². The van der Waals surface area contributed by atoms with E-state index in [4.69, 9.17) is 0 Å². The first-order chi connectivity index (χ1) is 10.0. The van der Waals surface area contributed by atoms with Gasteiger partial charge in [-0.15, -0.1) is 0 Å². The van der Waals surface area contributed by atoms with Crippen molar-refractivity contribution in [2.24, 2.45) is 0 Å². The van der Waals surface area contributed by atoms with E-state index in [1.807, 2.05) is 6.92 Å². The van der Waals surface area contributed by atoms with E-state index in [0.29, 0.717) is 12.2 Å². The zero-order chi connectivity index (χ0) is 15.3. The van der Waals surface area contributed by atoms with Crippen LogP contribution in [0, 0.1) is 0 Å². The molecular formula is C15H24N2O3S. The van der Waals surface area contributed by atoms with Crippen molar-refractivity contribution in [2.75, 3.05) is 11.9 Å². The fourth-order valence-corrected chi connectivity index (χ4v) is 3.92. The van der Waals surface area contributed by atoms with Gasteiger partial charge in [-0.05, 0) is 31.4 Å². The van der Waals surface area contributed by atoms with Gasteiger partial charge in [0.2, 0.25) is 10.0 Å². The second-order valence-corrected chi connectivity index (χ2v) is 7.23. The lowest BCUT2D eigenvalue weighted by atomic mass is 9.92. The summed E-state index contributed by atoms with van der Waals surface area (Å²) >= 11 is 0. The zero-order valence-corrected chi connectivity index (χ0v) is 13.2. The van der Waals surface area contributed by atoms with Crippen LogP contribution in [0.4, 0.5) is 5.69 Å². The third kappa shape index (κ3) is 4.18. The molecule has 1 fully saturated rings. The molecule has 0 aliphatic heterocycles. The van der Waals surface area contributed by atoms with E-state index in [2.05, 4.69) is 10.0 Å². The van der Waals surface area contributed by atoms with Crippen LogP contribution in [0.1, 0.15) is 39.0 Å². The van der Waals surface area contributed by atoms with Gasteiger partial charge >= 0.3 is 0 Å². The number of benzene rings is 1. The van der Waals surface area contributed by atoms with Gasteiger partial charge in [-0.3, -0.25) is 0 Å². The normalized spacial score (nSPS) is 23.0. The van der Waals surface area contributed by atoms with Crippen LogP contribution in [0.15, 0.2) is 29.2 Å². The average molecular weight is 312 g/mol. The Balaban J connectivity index is 2.20. The fraction of sp³-hybridized carbons (Fsp3) is 0.600. The molecule has 6 heteroatoms. The summed E-state index contributed by atoms with van der Waals surface area (Å²) in [4.78, 5) is 0.247. The third-order valence-corrected chi connectivity index (χ3v) is 5.31. The molecule has 21 heavy (non-hydrogen) atoms. The second kappa shape index (κ2) is 7.24. The lowest BCUT2D eigenvalue weighted by Gasteiger charge is -2.29. The number of sulfonamides is 1. The molecule has 5 nitrogen and oxygen atoms in total. The van der Waals surface area contributed by atoms with E-state index >= 15 is 0 Å². The molecule has 0 aromatic heterocycles. The van der Waals surface area contributed by atoms with Crippen LogP contribution in [0.2, 0.25) is 0 Å². The van der Waals surface area contributed by atoms with Crippen molar-refractivity contribution in [3.63, 3.8) is 0 Å². The molecule has 0 spiro atoms. The minimum Gasteiger partial charge on any atom is -0.391 e. The molecule has 0 bridgehead atoms. The monoisotopic (exact) mass is 312 g/mol. The molecule has 2 atom stereocenters. The molecule has 1 aromatic carbocycles. The lowest BCUT2D eigenvalue weighted by Crippen LogP contribution is -2.37. The second-order valence-electron chi connectivity index (χ2n) is 5.50. The smallest absolute Gasteiger partial charge is 0.242 e. The van der Waals surface area contributed by atoms with Gasteiger partial charge in [0.1, 0.15) is 4.90 Å². The first kappa shape index (κ1) is 16.3. The molecule has 2 unspecified atom stereocenters. The van der Waals surface area contributed by atoms with Crippen LogP contribution in [0.5, 0.6) is 0 Å². The van der Waals surface area contributed by atoms with Gasteiger partial charge in [0.15, 0.2) is 0 Å². The van der Waals surface area contributed by atoms with Crippen molar-refractivity contribution in [1.29, 1.82) is 0 Å². The number of aliphatic hydroxyl groups excluding tert-OH is 1. The Morgan fingerprint density at radius 1 is 1.24 bits per heavy atom. The maximum atomic E-state index is 12.3. The van der Waals surface area contributed by atoms with E-state index < -0.39 is 16.1 Å². The zero-order valence-electron chi connectivity index (χ0n) is 12.4. The number of nitrogens with one attached hydrogen (secondary N) is 2. The van der Waals surface area contributed by atoms with E-state index in [9.17, 15) is 13.5 Å². The molecule has 1 saturated carbocycles. The Morgan fingerprint density at radius 3 is 2.67 bits per heavy atom. The Morgan fingerprint density at radius 2 is 1.95 bits per heavy atom. The first-order valence-corrected chi connectivity index (χ1v) is 9.06. The van der Waals surface area contributed by atoms with Crippen LogP contribution in [-0.4, -0.2) is 32.2 Å². The summed E-state index contributed by atoms with van der Waals surface area (Å²) in [5.74, 6) is 0. The molecule has 118 valence electrons. The number of hydrogen-bond acceptors (Lipinski definition) is 4. The molecule has 1 aromatic rings. The quantitative estimate of drug-likeness (QED) is 0.751. The summed E-state index contributed by atoms with van der Waals surface area (Å²) in [5.41, 5.74) is 0.562. The summed E-state index contributed by atoms with van der Waals surface area (Å²) in [5, 5.41) is 13.3. The fourth-order valence-electron chi connectivity index (χ4n) is 2.61. The number of aliphatic hydroxyl groups is 1. The van der Waals surface area contributed by atoms with Gasteiger partial charge in [0.25, 0.3) is 0 Å². The summed E-state index contributed by atoms with van der Waals surface area (Å²) in [6.45, 7) is 2.34. The van der Waals surface area contributed by atoms with Gasteiger partial charge < -0.3 is 10.4 Å². The van der Waals surface area contributed by atoms with Crippen molar-refractivity contribution < 1.29 is 13.5 Å². The highest BCUT2D eigenvalue weighted by atomic mass is 32.2. The van der Waals surface area contributed by atoms with Gasteiger partial charge in [-0.25, -0.2) is 13.1 Å². The summed E-state index contributed by atoms with van der Waals surface area (Å²) < 4.78 is 27.2. The predicted molar refractivity (Wildman–Crippen MR) is 83.8 cm³/mol. The highest BCUT2D eigenvalue weighted by Crippen LogP contribution is 2.26. The van der Waals surface area contributed by atoms with Gasteiger partial charge in [-0.2, -0.15) is 0 Å². The maximum absolute atomic E-state index is 12.3. The van der Waals surface area contributed by atoms with Crippen molar-refractivity contribution in [3.8, 4) is 0 Å². The summed E-state index contributed by atoms with van der Waals surface area (Å²) in [6.07, 6.45) is 4.03. The summed E-state index contributed by atoms with van der Waals surface area (Å²) in [7, 11) is -3.52. The number of para-hydroxylation sites is 1. The molecule has 3 N–H and O–H groups in total. The molecule has 0 amide bonds. The first-order valence-electron chi connectivity index (χ1n) is 7.58. The Bertz CT molecular complexity index is 560. The predicted octanol–water partition coefficient (Wildman–Crippen LogP) is 2.09. The van der Waals surface area contributed by atoms with Gasteiger partial charge in [0.05, 0.1) is 17.8 Å².